The molecular weight excluding hydrogens is 663 g/mol. The largest absolute Gasteiger partial charge is 1.00 e. The molecule has 54 heavy (non-hydrogen) atoms. The Bertz CT molecular complexity index is 1120. The molecule has 1 N–H and O–H groups in total. The van der Waals surface area contributed by atoms with Gasteiger partial charge in [-0.1, -0.05) is 131 Å². The summed E-state index contributed by atoms with van der Waals surface area (Å²) in [6.07, 6.45) is 20.9. The molecule has 0 fully saturated rings. The first-order valence-electron chi connectivity index (χ1n) is 20.7. The number of esters is 2. The number of hydrogen-bond donors (Lipinski definition) is 1. The van der Waals surface area contributed by atoms with E-state index in [0.717, 1.165) is 51.4 Å². The van der Waals surface area contributed by atoms with Crippen molar-refractivity contribution < 1.29 is 43.0 Å². The molecule has 0 heterocycles. The predicted molar refractivity (Wildman–Crippen MR) is 226 cm³/mol. The second-order valence-electron chi connectivity index (χ2n) is 15.2. The third kappa shape index (κ3) is 25.9. The molecule has 0 aliphatic heterocycles. The number of hydrogen-bond acceptors (Lipinski definition) is 5. The monoisotopic (exact) mass is 743 g/mol. The molecule has 0 bridgehead atoms. The number of aliphatic hydroxyl groups is 1. The molecular formula is C48H79LiO5-2. The van der Waals surface area contributed by atoms with E-state index in [1.165, 1.54) is 73.6 Å². The minimum absolute atomic E-state index is 0. The van der Waals surface area contributed by atoms with Gasteiger partial charge in [-0.25, -0.2) is 0 Å². The number of benzene rings is 2. The van der Waals surface area contributed by atoms with E-state index in [9.17, 15) is 14.7 Å². The first-order chi connectivity index (χ1) is 24.7. The topological polar surface area (TPSA) is 72.8 Å². The average molecular weight is 743 g/mol. The molecule has 0 saturated heterocycles. The number of unbranched alkanes of at least 4 members (excludes halogenated alkanes) is 8. The first kappa shape index (κ1) is 54.0. The summed E-state index contributed by atoms with van der Waals surface area (Å²) in [5.41, 5.74) is 4.02. The zero-order chi connectivity index (χ0) is 37.2. The van der Waals surface area contributed by atoms with E-state index < -0.39 is 5.60 Å². The zero-order valence-corrected chi connectivity index (χ0v) is 36.0. The molecule has 1 atom stereocenters. The van der Waals surface area contributed by atoms with Crippen LogP contribution in [0.3, 0.4) is 0 Å². The predicted octanol–water partition coefficient (Wildman–Crippen LogP) is 10.0. The van der Waals surface area contributed by atoms with Crippen LogP contribution in [0.15, 0.2) is 48.5 Å². The fraction of sp³-hybridized carbons (Fsp3) is 0.646. The number of rotatable bonds is 30. The van der Waals surface area contributed by atoms with Crippen molar-refractivity contribution in [2.45, 2.75) is 200 Å². The van der Waals surface area contributed by atoms with Crippen LogP contribution < -0.4 is 18.9 Å². The smallest absolute Gasteiger partial charge is 0.462 e. The Labute approximate surface area is 345 Å². The summed E-state index contributed by atoms with van der Waals surface area (Å²) in [6.45, 7) is 12.6. The fourth-order valence-electron chi connectivity index (χ4n) is 6.96. The van der Waals surface area contributed by atoms with E-state index in [-0.39, 0.29) is 64.3 Å². The summed E-state index contributed by atoms with van der Waals surface area (Å²) >= 11 is 0. The van der Waals surface area contributed by atoms with Crippen LogP contribution in [0.1, 0.15) is 177 Å². The van der Waals surface area contributed by atoms with Gasteiger partial charge in [-0.05, 0) is 102 Å². The van der Waals surface area contributed by atoms with E-state index >= 15 is 0 Å². The number of carbonyl (C=O) groups is 2. The van der Waals surface area contributed by atoms with Gasteiger partial charge in [0.2, 0.25) is 0 Å². The summed E-state index contributed by atoms with van der Waals surface area (Å²) in [6, 6.07) is 17.1. The molecule has 0 aliphatic rings. The Balaban J connectivity index is 0. The van der Waals surface area contributed by atoms with Gasteiger partial charge in [0.05, 0.1) is 5.60 Å². The van der Waals surface area contributed by atoms with Gasteiger partial charge < -0.3 is 36.4 Å². The Kier molecular flexibility index (Phi) is 33.1. The number of carbonyl (C=O) groups excluding carboxylic acids is 2. The minimum Gasteiger partial charge on any atom is -0.462 e. The maximum Gasteiger partial charge on any atom is 1.00 e. The van der Waals surface area contributed by atoms with Crippen LogP contribution in [0.5, 0.6) is 0 Å². The van der Waals surface area contributed by atoms with E-state index in [1.807, 2.05) is 0 Å². The van der Waals surface area contributed by atoms with Gasteiger partial charge in [0.1, 0.15) is 12.2 Å². The Morgan fingerprint density at radius 3 is 1.33 bits per heavy atom. The van der Waals surface area contributed by atoms with Crippen molar-refractivity contribution in [3.8, 4) is 0 Å². The molecule has 0 spiro atoms. The Hall–Kier alpha value is -2.06. The van der Waals surface area contributed by atoms with Crippen molar-refractivity contribution in [2.24, 2.45) is 0 Å². The molecule has 0 amide bonds. The Morgan fingerprint density at radius 1 is 0.593 bits per heavy atom. The van der Waals surface area contributed by atoms with Crippen molar-refractivity contribution in [3.05, 3.63) is 92.6 Å². The molecule has 1 unspecified atom stereocenters. The van der Waals surface area contributed by atoms with Gasteiger partial charge in [0.25, 0.3) is 0 Å². The minimum atomic E-state index is -0.948. The fourth-order valence-corrected chi connectivity index (χ4v) is 6.96. The number of aryl methyl sites for hydroxylation is 4. The van der Waals surface area contributed by atoms with Crippen LogP contribution in [-0.4, -0.2) is 34.9 Å². The molecule has 0 aliphatic carbocycles. The maximum atomic E-state index is 13.1. The van der Waals surface area contributed by atoms with Gasteiger partial charge in [-0.3, -0.25) is 9.59 Å². The summed E-state index contributed by atoms with van der Waals surface area (Å²) in [7, 11) is 0. The Morgan fingerprint density at radius 2 is 0.963 bits per heavy atom. The van der Waals surface area contributed by atoms with Crippen LogP contribution in [0.4, 0.5) is 0 Å². The van der Waals surface area contributed by atoms with Crippen LogP contribution in [0.25, 0.3) is 0 Å². The van der Waals surface area contributed by atoms with Gasteiger partial charge in [0, 0.05) is 12.8 Å². The summed E-state index contributed by atoms with van der Waals surface area (Å²) in [5, 5.41) is 11.5. The van der Waals surface area contributed by atoms with Gasteiger partial charge in [-0.2, -0.15) is 6.42 Å². The number of ether oxygens (including phenoxy) is 2. The zero-order valence-electron chi connectivity index (χ0n) is 36.0. The third-order valence-corrected chi connectivity index (χ3v) is 10.3. The summed E-state index contributed by atoms with van der Waals surface area (Å²) in [4.78, 5) is 26.0. The second-order valence-corrected chi connectivity index (χ2v) is 15.2. The van der Waals surface area contributed by atoms with Gasteiger partial charge >= 0.3 is 30.8 Å². The van der Waals surface area contributed by atoms with Crippen molar-refractivity contribution in [3.63, 3.8) is 0 Å². The van der Waals surface area contributed by atoms with Crippen molar-refractivity contribution >= 4 is 11.9 Å². The van der Waals surface area contributed by atoms with Gasteiger partial charge in [-0.15, -0.1) is 0 Å². The molecule has 5 nitrogen and oxygen atoms in total. The van der Waals surface area contributed by atoms with E-state index in [0.29, 0.717) is 44.9 Å². The van der Waals surface area contributed by atoms with Crippen LogP contribution in [-0.2, 0) is 31.9 Å². The normalized spacial score (nSPS) is 12.0. The van der Waals surface area contributed by atoms with Crippen molar-refractivity contribution in [1.29, 1.82) is 0 Å². The second kappa shape index (κ2) is 33.1. The molecule has 2 aromatic rings. The molecule has 304 valence electrons. The van der Waals surface area contributed by atoms with E-state index in [2.05, 4.69) is 83.1 Å². The quantitative estimate of drug-likeness (QED) is 0.0374. The molecule has 0 radical (unpaired) electrons. The standard InChI is InChI=1S/C46H73O5.2CH3.Li/c1-6-9-11-13-15-19-42(20-16-14-12-10-7-2)50-44(47)21-17-36-46(49,35-8-3)37-18-22-45(48)51-43(33-31-40-27-23-38(4)24-28-40)34-32-41-29-25-39(5)26-30-41;;;/h23-30,42-43,49H,3,6-22,31-37H2,1-2,4-5H3;2*1H3;/q3*-1;+1. The van der Waals surface area contributed by atoms with Crippen molar-refractivity contribution in [1.82, 2.24) is 0 Å². The SMILES string of the molecule is [CH2-]CCC(O)(CCCC(=O)OC(CCCCCCC)CCCCCCC)CCCC(=O)OC(CCc1ccc(C)cc1)CCc1ccc(C)cc1.[CH3-].[CH3-].[Li+]. The van der Waals surface area contributed by atoms with Crippen LogP contribution in [0, 0.1) is 35.6 Å². The third-order valence-electron chi connectivity index (χ3n) is 10.3. The molecule has 2 rings (SSSR count). The summed E-state index contributed by atoms with van der Waals surface area (Å²) in [5.74, 6) is -0.353. The van der Waals surface area contributed by atoms with Crippen molar-refractivity contribution in [2.75, 3.05) is 0 Å². The van der Waals surface area contributed by atoms with Crippen LogP contribution >= 0.6 is 0 Å². The maximum absolute atomic E-state index is 13.1. The molecule has 0 aromatic heterocycles. The molecule has 2 aromatic carbocycles. The first-order valence-corrected chi connectivity index (χ1v) is 20.7. The van der Waals surface area contributed by atoms with E-state index in [4.69, 9.17) is 9.47 Å². The molecule has 6 heteroatoms. The van der Waals surface area contributed by atoms with Gasteiger partial charge in [0.15, 0.2) is 0 Å². The van der Waals surface area contributed by atoms with Crippen LogP contribution in [0.2, 0.25) is 0 Å². The van der Waals surface area contributed by atoms with E-state index in [1.54, 1.807) is 0 Å². The molecule has 0 saturated carbocycles. The summed E-state index contributed by atoms with van der Waals surface area (Å²) < 4.78 is 12.1. The average Bonchev–Trinajstić information content (AvgIpc) is 3.10.